The van der Waals surface area contributed by atoms with Gasteiger partial charge in [0.2, 0.25) is 6.79 Å². The fourth-order valence-corrected chi connectivity index (χ4v) is 5.30. The van der Waals surface area contributed by atoms with E-state index in [2.05, 4.69) is 47.4 Å². The molecule has 0 amide bonds. The summed E-state index contributed by atoms with van der Waals surface area (Å²) in [6.45, 7) is 3.18. The second-order valence-corrected chi connectivity index (χ2v) is 8.06. The van der Waals surface area contributed by atoms with E-state index in [-0.39, 0.29) is 0 Å². The van der Waals surface area contributed by atoms with E-state index >= 15 is 0 Å². The molecule has 4 aliphatic rings. The maximum absolute atomic E-state index is 6.16. The molecule has 2 aromatic rings. The van der Waals surface area contributed by atoms with Crippen LogP contribution in [0.3, 0.4) is 0 Å². The number of allylic oxidation sites excluding steroid dienone is 1. The van der Waals surface area contributed by atoms with Gasteiger partial charge in [-0.3, -0.25) is 4.90 Å². The molecule has 1 unspecified atom stereocenters. The summed E-state index contributed by atoms with van der Waals surface area (Å²) >= 11 is 0. The predicted molar refractivity (Wildman–Crippen MR) is 102 cm³/mol. The van der Waals surface area contributed by atoms with E-state index in [4.69, 9.17) is 14.2 Å². The number of ether oxygens (including phenoxy) is 3. The molecular formula is C23H23NO3. The van der Waals surface area contributed by atoms with Crippen molar-refractivity contribution >= 4 is 0 Å². The van der Waals surface area contributed by atoms with Crippen LogP contribution < -0.4 is 9.47 Å². The molecule has 2 bridgehead atoms. The molecule has 4 nitrogen and oxygen atoms in total. The van der Waals surface area contributed by atoms with E-state index in [0.29, 0.717) is 31.3 Å². The Balaban J connectivity index is 1.22. The Labute approximate surface area is 159 Å². The lowest BCUT2D eigenvalue weighted by atomic mass is 9.78. The second kappa shape index (κ2) is 6.03. The largest absolute Gasteiger partial charge is 0.494 e. The molecule has 0 saturated carbocycles. The van der Waals surface area contributed by atoms with Crippen molar-refractivity contribution in [2.45, 2.75) is 38.0 Å². The van der Waals surface area contributed by atoms with Gasteiger partial charge >= 0.3 is 0 Å². The average molecular weight is 361 g/mol. The Hall–Kier alpha value is -2.46. The molecule has 0 aromatic heterocycles. The summed E-state index contributed by atoms with van der Waals surface area (Å²) in [7, 11) is 0. The van der Waals surface area contributed by atoms with E-state index in [0.717, 1.165) is 43.2 Å². The van der Waals surface area contributed by atoms with Gasteiger partial charge in [-0.25, -0.2) is 0 Å². The lowest BCUT2D eigenvalue weighted by Gasteiger charge is -2.31. The Morgan fingerprint density at radius 3 is 2.81 bits per heavy atom. The zero-order valence-corrected chi connectivity index (χ0v) is 15.3. The number of benzene rings is 2. The standard InChI is InChI=1S/C23H23NO3/c1-2-4-15(5-3-1)13-25-17-6-7-18-20-12-24(21(18)9-17)11-16-8-22-23(10-19(16)20)27-14-26-22/h1-6,8,10,18,20-21H,7,9,11-14H2/t18-,20+,21-/m0/s1. The molecule has 6 rings (SSSR count). The first kappa shape index (κ1) is 15.6. The lowest BCUT2D eigenvalue weighted by Crippen LogP contribution is -2.34. The van der Waals surface area contributed by atoms with E-state index in [1.807, 2.05) is 6.07 Å². The highest BCUT2D eigenvalue weighted by atomic mass is 16.7. The molecule has 0 N–H and O–H groups in total. The van der Waals surface area contributed by atoms with Crippen LogP contribution in [0.2, 0.25) is 0 Å². The smallest absolute Gasteiger partial charge is 0.231 e. The summed E-state index contributed by atoms with van der Waals surface area (Å²) in [5, 5.41) is 0. The van der Waals surface area contributed by atoms with Crippen molar-refractivity contribution in [3.8, 4) is 11.5 Å². The number of fused-ring (bicyclic) bond motifs is 8. The summed E-state index contributed by atoms with van der Waals surface area (Å²) in [6, 6.07) is 15.5. The van der Waals surface area contributed by atoms with E-state index in [1.54, 1.807) is 0 Å². The van der Waals surface area contributed by atoms with Crippen molar-refractivity contribution in [1.29, 1.82) is 0 Å². The van der Waals surface area contributed by atoms with E-state index < -0.39 is 0 Å². The Kier molecular flexibility index (Phi) is 3.48. The highest BCUT2D eigenvalue weighted by molar-refractivity contribution is 5.51. The SMILES string of the molecule is C1=C(OCc2ccccc2)C[C@H]2[C@@H](C1)[C@H]1CN2Cc2cc3c(cc21)OCO3. The molecule has 4 atom stereocenters. The molecular weight excluding hydrogens is 338 g/mol. The fourth-order valence-electron chi connectivity index (χ4n) is 5.30. The van der Waals surface area contributed by atoms with Gasteiger partial charge in [0.05, 0.1) is 5.76 Å². The monoisotopic (exact) mass is 361 g/mol. The van der Waals surface area contributed by atoms with Crippen LogP contribution in [0.4, 0.5) is 0 Å². The van der Waals surface area contributed by atoms with Gasteiger partial charge in [-0.2, -0.15) is 0 Å². The van der Waals surface area contributed by atoms with Crippen LogP contribution in [0.15, 0.2) is 54.3 Å². The van der Waals surface area contributed by atoms with Crippen LogP contribution in [-0.4, -0.2) is 24.3 Å². The van der Waals surface area contributed by atoms with Gasteiger partial charge in [-0.1, -0.05) is 30.3 Å². The highest BCUT2D eigenvalue weighted by Gasteiger charge is 2.47. The number of rotatable bonds is 3. The number of hydrogen-bond donors (Lipinski definition) is 0. The van der Waals surface area contributed by atoms with Crippen LogP contribution in [-0.2, 0) is 17.9 Å². The Morgan fingerprint density at radius 2 is 1.93 bits per heavy atom. The Morgan fingerprint density at radius 1 is 1.07 bits per heavy atom. The highest BCUT2D eigenvalue weighted by Crippen LogP contribution is 2.51. The number of hydrogen-bond acceptors (Lipinski definition) is 4. The van der Waals surface area contributed by atoms with E-state index in [9.17, 15) is 0 Å². The van der Waals surface area contributed by atoms with Gasteiger partial charge in [0, 0.05) is 31.5 Å². The summed E-state index contributed by atoms with van der Waals surface area (Å²) < 4.78 is 17.4. The first-order chi connectivity index (χ1) is 13.3. The molecule has 1 fully saturated rings. The average Bonchev–Trinajstić information content (AvgIpc) is 3.28. The molecule has 2 aromatic carbocycles. The van der Waals surface area contributed by atoms with Gasteiger partial charge in [-0.05, 0) is 47.2 Å². The molecule has 1 saturated heterocycles. The van der Waals surface area contributed by atoms with Crippen molar-refractivity contribution in [2.24, 2.45) is 5.92 Å². The minimum absolute atomic E-state index is 0.351. The molecule has 0 radical (unpaired) electrons. The topological polar surface area (TPSA) is 30.9 Å². The molecule has 0 spiro atoms. The van der Waals surface area contributed by atoms with Crippen molar-refractivity contribution in [2.75, 3.05) is 13.3 Å². The summed E-state index contributed by atoms with van der Waals surface area (Å²) in [6.07, 6.45) is 4.46. The van der Waals surface area contributed by atoms with Crippen LogP contribution in [0.25, 0.3) is 0 Å². The minimum Gasteiger partial charge on any atom is -0.494 e. The quantitative estimate of drug-likeness (QED) is 0.820. The van der Waals surface area contributed by atoms with Crippen molar-refractivity contribution < 1.29 is 14.2 Å². The maximum atomic E-state index is 6.16. The fraction of sp³-hybridized carbons (Fsp3) is 0.391. The van der Waals surface area contributed by atoms with Gasteiger partial charge in [-0.15, -0.1) is 0 Å². The van der Waals surface area contributed by atoms with Crippen LogP contribution >= 0.6 is 0 Å². The van der Waals surface area contributed by atoms with Crippen molar-refractivity contribution in [3.63, 3.8) is 0 Å². The third kappa shape index (κ3) is 2.54. The first-order valence-corrected chi connectivity index (χ1v) is 9.87. The lowest BCUT2D eigenvalue weighted by molar-refractivity contribution is 0.136. The predicted octanol–water partition coefficient (Wildman–Crippen LogP) is 4.21. The second-order valence-electron chi connectivity index (χ2n) is 8.06. The zero-order valence-electron chi connectivity index (χ0n) is 15.3. The molecule has 3 aliphatic heterocycles. The van der Waals surface area contributed by atoms with Gasteiger partial charge in [0.1, 0.15) is 6.61 Å². The molecule has 1 aliphatic carbocycles. The summed E-state index contributed by atoms with van der Waals surface area (Å²) in [4.78, 5) is 2.65. The normalized spacial score (nSPS) is 29.7. The van der Waals surface area contributed by atoms with Crippen LogP contribution in [0, 0.1) is 5.92 Å². The molecule has 138 valence electrons. The van der Waals surface area contributed by atoms with Crippen LogP contribution in [0.1, 0.15) is 35.4 Å². The van der Waals surface area contributed by atoms with E-state index in [1.165, 1.54) is 16.7 Å². The van der Waals surface area contributed by atoms with Gasteiger partial charge < -0.3 is 14.2 Å². The summed E-state index contributed by atoms with van der Waals surface area (Å²) in [5.41, 5.74) is 4.12. The number of nitrogens with zero attached hydrogens (tertiary/aromatic N) is 1. The third-order valence-corrected chi connectivity index (χ3v) is 6.61. The first-order valence-electron chi connectivity index (χ1n) is 9.87. The minimum atomic E-state index is 0.351. The summed E-state index contributed by atoms with van der Waals surface area (Å²) in [5.74, 6) is 4.26. The zero-order chi connectivity index (χ0) is 17.8. The molecule has 27 heavy (non-hydrogen) atoms. The van der Waals surface area contributed by atoms with Gasteiger partial charge in [0.15, 0.2) is 11.5 Å². The van der Waals surface area contributed by atoms with Crippen LogP contribution in [0.5, 0.6) is 11.5 Å². The van der Waals surface area contributed by atoms with Crippen molar-refractivity contribution in [3.05, 3.63) is 71.0 Å². The Bertz CT molecular complexity index is 907. The molecule has 4 heteroatoms. The molecule has 3 heterocycles. The third-order valence-electron chi connectivity index (χ3n) is 6.61. The van der Waals surface area contributed by atoms with Gasteiger partial charge in [0.25, 0.3) is 0 Å². The maximum Gasteiger partial charge on any atom is 0.231 e. The van der Waals surface area contributed by atoms with Crippen molar-refractivity contribution in [1.82, 2.24) is 4.90 Å².